The molecule has 3 rings (SSSR count). The molecule has 6 nitrogen and oxygen atoms in total. The Kier molecular flexibility index (Phi) is 4.25. The van der Waals surface area contributed by atoms with Gasteiger partial charge < -0.3 is 10.8 Å². The topological polar surface area (TPSA) is 89.9 Å². The third-order valence-electron chi connectivity index (χ3n) is 3.97. The van der Waals surface area contributed by atoms with Crippen LogP contribution in [0.25, 0.3) is 22.2 Å². The normalized spacial score (nSPS) is 12.7. The lowest BCUT2D eigenvalue weighted by atomic mass is 10.0. The Morgan fingerprint density at radius 1 is 1.35 bits per heavy atom. The molecular formula is C17H21N5O. The van der Waals surface area contributed by atoms with Crippen LogP contribution in [0.2, 0.25) is 0 Å². The van der Waals surface area contributed by atoms with E-state index in [2.05, 4.69) is 22.0 Å². The van der Waals surface area contributed by atoms with Crippen LogP contribution in [0.1, 0.15) is 25.8 Å². The number of hydrogen-bond acceptors (Lipinski definition) is 5. The fraction of sp³-hybridized carbons (Fsp3) is 0.353. The summed E-state index contributed by atoms with van der Waals surface area (Å²) in [5, 5.41) is 14.6. The Bertz CT molecular complexity index is 825. The summed E-state index contributed by atoms with van der Waals surface area (Å²) in [4.78, 5) is 8.73. The zero-order valence-electron chi connectivity index (χ0n) is 13.4. The second kappa shape index (κ2) is 6.34. The van der Waals surface area contributed by atoms with Gasteiger partial charge in [0.05, 0.1) is 11.5 Å². The zero-order valence-corrected chi connectivity index (χ0v) is 13.4. The second-order valence-corrected chi connectivity index (χ2v) is 5.73. The van der Waals surface area contributed by atoms with Crippen molar-refractivity contribution in [1.82, 2.24) is 19.7 Å². The van der Waals surface area contributed by atoms with Gasteiger partial charge in [-0.05, 0) is 43.0 Å². The van der Waals surface area contributed by atoms with E-state index in [4.69, 9.17) is 5.73 Å². The number of rotatable bonds is 5. The lowest BCUT2D eigenvalue weighted by Gasteiger charge is -2.08. The quantitative estimate of drug-likeness (QED) is 0.755. The van der Waals surface area contributed by atoms with Crippen molar-refractivity contribution in [3.8, 4) is 11.1 Å². The maximum absolute atomic E-state index is 9.44. The summed E-state index contributed by atoms with van der Waals surface area (Å²) in [7, 11) is 0. The number of nitrogens with zero attached hydrogens (tertiary/aromatic N) is 4. The van der Waals surface area contributed by atoms with Crippen molar-refractivity contribution in [3.05, 3.63) is 36.3 Å². The van der Waals surface area contributed by atoms with E-state index in [-0.39, 0.29) is 6.10 Å². The number of pyridine rings is 2. The van der Waals surface area contributed by atoms with Gasteiger partial charge in [-0.2, -0.15) is 5.10 Å². The zero-order chi connectivity index (χ0) is 16.4. The molecule has 0 fully saturated rings. The fourth-order valence-electron chi connectivity index (χ4n) is 2.69. The molecule has 0 aromatic carbocycles. The summed E-state index contributed by atoms with van der Waals surface area (Å²) < 4.78 is 1.76. The predicted octanol–water partition coefficient (Wildman–Crippen LogP) is 2.41. The number of aliphatic hydroxyl groups is 1. The Morgan fingerprint density at radius 3 is 2.91 bits per heavy atom. The molecule has 3 aromatic heterocycles. The van der Waals surface area contributed by atoms with Crippen LogP contribution in [0, 0.1) is 0 Å². The van der Waals surface area contributed by atoms with Crippen LogP contribution < -0.4 is 5.73 Å². The molecule has 0 bridgehead atoms. The van der Waals surface area contributed by atoms with E-state index < -0.39 is 0 Å². The van der Waals surface area contributed by atoms with E-state index in [0.29, 0.717) is 18.8 Å². The van der Waals surface area contributed by atoms with Gasteiger partial charge >= 0.3 is 0 Å². The van der Waals surface area contributed by atoms with Gasteiger partial charge in [0.1, 0.15) is 0 Å². The molecule has 0 aliphatic carbocycles. The summed E-state index contributed by atoms with van der Waals surface area (Å²) >= 11 is 0. The highest BCUT2D eigenvalue weighted by atomic mass is 16.3. The molecule has 3 heterocycles. The highest BCUT2D eigenvalue weighted by Crippen LogP contribution is 2.28. The van der Waals surface area contributed by atoms with Gasteiger partial charge in [0.15, 0.2) is 11.5 Å². The first kappa shape index (κ1) is 15.4. The highest BCUT2D eigenvalue weighted by Gasteiger charge is 2.13. The van der Waals surface area contributed by atoms with Crippen LogP contribution >= 0.6 is 0 Å². The molecule has 0 aliphatic heterocycles. The third kappa shape index (κ3) is 3.03. The molecule has 0 spiro atoms. The van der Waals surface area contributed by atoms with E-state index >= 15 is 0 Å². The number of hydrogen-bond donors (Lipinski definition) is 2. The number of aromatic nitrogens is 4. The average molecular weight is 311 g/mol. The molecule has 6 heteroatoms. The minimum Gasteiger partial charge on any atom is -0.393 e. The van der Waals surface area contributed by atoms with Crippen molar-refractivity contribution in [3.63, 3.8) is 0 Å². The molecule has 23 heavy (non-hydrogen) atoms. The summed E-state index contributed by atoms with van der Waals surface area (Å²) in [5.41, 5.74) is 10.1. The first-order chi connectivity index (χ1) is 11.1. The van der Waals surface area contributed by atoms with Crippen LogP contribution in [0.5, 0.6) is 0 Å². The van der Waals surface area contributed by atoms with Gasteiger partial charge in [0.25, 0.3) is 0 Å². The summed E-state index contributed by atoms with van der Waals surface area (Å²) in [6.45, 7) is 4.46. The molecule has 1 atom stereocenters. The molecule has 0 radical (unpaired) electrons. The number of nitrogen functional groups attached to an aromatic ring is 1. The van der Waals surface area contributed by atoms with Crippen molar-refractivity contribution in [2.75, 3.05) is 5.73 Å². The highest BCUT2D eigenvalue weighted by molar-refractivity contribution is 5.90. The van der Waals surface area contributed by atoms with Crippen molar-refractivity contribution < 1.29 is 5.11 Å². The van der Waals surface area contributed by atoms with Gasteiger partial charge in [-0.15, -0.1) is 0 Å². The number of anilines is 1. The van der Waals surface area contributed by atoms with E-state index in [9.17, 15) is 5.11 Å². The summed E-state index contributed by atoms with van der Waals surface area (Å²) in [6, 6.07) is 4.02. The van der Waals surface area contributed by atoms with Crippen LogP contribution in [0.4, 0.5) is 5.82 Å². The standard InChI is InChI=1S/C17H21N5O/c1-3-12-9-19-6-4-14(12)13-8-15-16(18)21-22(7-5-11(2)23)17(15)20-10-13/h4,6,8-11,23H,3,5,7H2,1-2H3,(H2,18,21). The maximum Gasteiger partial charge on any atom is 0.159 e. The Labute approximate surface area is 135 Å². The minimum atomic E-state index is -0.376. The number of aryl methyl sites for hydroxylation is 2. The van der Waals surface area contributed by atoms with Gasteiger partial charge in [0.2, 0.25) is 0 Å². The molecule has 0 saturated carbocycles. The Balaban J connectivity index is 2.04. The number of nitrogens with two attached hydrogens (primary N) is 1. The van der Waals surface area contributed by atoms with Crippen molar-refractivity contribution in [1.29, 1.82) is 0 Å². The first-order valence-electron chi connectivity index (χ1n) is 7.83. The molecule has 0 saturated heterocycles. The number of fused-ring (bicyclic) bond motifs is 1. The van der Waals surface area contributed by atoms with Gasteiger partial charge in [-0.3, -0.25) is 4.98 Å². The summed E-state index contributed by atoms with van der Waals surface area (Å²) in [5.74, 6) is 0.465. The average Bonchev–Trinajstić information content (AvgIpc) is 2.88. The monoisotopic (exact) mass is 311 g/mol. The molecule has 3 aromatic rings. The van der Waals surface area contributed by atoms with E-state index in [1.165, 1.54) is 5.56 Å². The molecule has 1 unspecified atom stereocenters. The van der Waals surface area contributed by atoms with Crippen LogP contribution in [0.15, 0.2) is 30.7 Å². The van der Waals surface area contributed by atoms with Crippen LogP contribution in [-0.4, -0.2) is 31.0 Å². The molecular weight excluding hydrogens is 290 g/mol. The third-order valence-corrected chi connectivity index (χ3v) is 3.97. The van der Waals surface area contributed by atoms with Crippen molar-refractivity contribution in [2.45, 2.75) is 39.3 Å². The first-order valence-corrected chi connectivity index (χ1v) is 7.83. The minimum absolute atomic E-state index is 0.376. The lowest BCUT2D eigenvalue weighted by Crippen LogP contribution is -2.08. The van der Waals surface area contributed by atoms with E-state index in [1.807, 2.05) is 24.5 Å². The molecule has 120 valence electrons. The van der Waals surface area contributed by atoms with Crippen LogP contribution in [-0.2, 0) is 13.0 Å². The predicted molar refractivity (Wildman–Crippen MR) is 90.8 cm³/mol. The van der Waals surface area contributed by atoms with E-state index in [0.717, 1.165) is 28.6 Å². The smallest absolute Gasteiger partial charge is 0.159 e. The van der Waals surface area contributed by atoms with Gasteiger partial charge in [0, 0.05) is 30.7 Å². The summed E-state index contributed by atoms with van der Waals surface area (Å²) in [6.07, 6.45) is 6.66. The molecule has 0 aliphatic rings. The Hall–Kier alpha value is -2.47. The van der Waals surface area contributed by atoms with Gasteiger partial charge in [-0.25, -0.2) is 9.67 Å². The maximum atomic E-state index is 9.44. The lowest BCUT2D eigenvalue weighted by molar-refractivity contribution is 0.177. The second-order valence-electron chi connectivity index (χ2n) is 5.73. The largest absolute Gasteiger partial charge is 0.393 e. The SMILES string of the molecule is CCc1cnccc1-c1cnc2c(c1)c(N)nn2CCC(C)O. The molecule has 3 N–H and O–H groups in total. The number of aliphatic hydroxyl groups excluding tert-OH is 1. The van der Waals surface area contributed by atoms with Crippen LogP contribution in [0.3, 0.4) is 0 Å². The Morgan fingerprint density at radius 2 is 2.17 bits per heavy atom. The van der Waals surface area contributed by atoms with E-state index in [1.54, 1.807) is 17.8 Å². The fourth-order valence-corrected chi connectivity index (χ4v) is 2.69. The van der Waals surface area contributed by atoms with Gasteiger partial charge in [-0.1, -0.05) is 6.92 Å². The van der Waals surface area contributed by atoms with Crippen molar-refractivity contribution >= 4 is 16.9 Å². The molecule has 0 amide bonds. The van der Waals surface area contributed by atoms with Crippen molar-refractivity contribution in [2.24, 2.45) is 0 Å².